The Labute approximate surface area is 121 Å². The number of rotatable bonds is 6. The summed E-state index contributed by atoms with van der Waals surface area (Å²) in [5.74, 6) is 0.967. The van der Waals surface area contributed by atoms with Gasteiger partial charge in [0.1, 0.15) is 12.4 Å². The fourth-order valence-electron chi connectivity index (χ4n) is 2.16. The van der Waals surface area contributed by atoms with E-state index in [4.69, 9.17) is 4.74 Å². The van der Waals surface area contributed by atoms with Crippen LogP contribution in [-0.4, -0.2) is 6.54 Å². The average Bonchev–Trinajstić information content (AvgIpc) is 2.47. The van der Waals surface area contributed by atoms with Crippen molar-refractivity contribution in [1.82, 2.24) is 5.32 Å². The standard InChI is InChI=1S/C18H23NO/c1-4-19-12-16-7-5-6-8-18(16)20-13-17-11-14(2)9-10-15(17)3/h5-11,19H,4,12-13H2,1-3H3. The monoisotopic (exact) mass is 269 g/mol. The van der Waals surface area contributed by atoms with E-state index in [0.29, 0.717) is 6.61 Å². The van der Waals surface area contributed by atoms with Gasteiger partial charge in [-0.25, -0.2) is 0 Å². The molecule has 0 radical (unpaired) electrons. The molecule has 0 aromatic heterocycles. The van der Waals surface area contributed by atoms with E-state index >= 15 is 0 Å². The van der Waals surface area contributed by atoms with E-state index in [1.165, 1.54) is 22.3 Å². The first kappa shape index (κ1) is 14.6. The topological polar surface area (TPSA) is 21.3 Å². The molecule has 20 heavy (non-hydrogen) atoms. The van der Waals surface area contributed by atoms with Crippen molar-refractivity contribution < 1.29 is 4.74 Å². The van der Waals surface area contributed by atoms with Gasteiger partial charge in [0.15, 0.2) is 0 Å². The third-order valence-electron chi connectivity index (χ3n) is 3.43. The highest BCUT2D eigenvalue weighted by Gasteiger charge is 2.04. The van der Waals surface area contributed by atoms with Crippen LogP contribution in [0.4, 0.5) is 0 Å². The van der Waals surface area contributed by atoms with E-state index in [1.54, 1.807) is 0 Å². The predicted molar refractivity (Wildman–Crippen MR) is 84.1 cm³/mol. The fourth-order valence-corrected chi connectivity index (χ4v) is 2.16. The number of benzene rings is 2. The third kappa shape index (κ3) is 3.84. The molecule has 0 fully saturated rings. The lowest BCUT2D eigenvalue weighted by molar-refractivity contribution is 0.301. The number of hydrogen-bond donors (Lipinski definition) is 1. The Morgan fingerprint density at radius 1 is 1.00 bits per heavy atom. The van der Waals surface area contributed by atoms with Crippen molar-refractivity contribution in [1.29, 1.82) is 0 Å². The van der Waals surface area contributed by atoms with E-state index in [-0.39, 0.29) is 0 Å². The summed E-state index contributed by atoms with van der Waals surface area (Å²) >= 11 is 0. The quantitative estimate of drug-likeness (QED) is 0.856. The Hall–Kier alpha value is -1.80. The predicted octanol–water partition coefficient (Wildman–Crippen LogP) is 3.99. The molecule has 0 aliphatic carbocycles. The van der Waals surface area contributed by atoms with Crippen molar-refractivity contribution >= 4 is 0 Å². The van der Waals surface area contributed by atoms with Gasteiger partial charge in [-0.05, 0) is 37.6 Å². The van der Waals surface area contributed by atoms with Crippen LogP contribution in [0.1, 0.15) is 29.2 Å². The highest BCUT2D eigenvalue weighted by Crippen LogP contribution is 2.20. The van der Waals surface area contributed by atoms with Crippen molar-refractivity contribution in [2.24, 2.45) is 0 Å². The van der Waals surface area contributed by atoms with E-state index in [0.717, 1.165) is 18.8 Å². The maximum absolute atomic E-state index is 6.02. The number of para-hydroxylation sites is 1. The third-order valence-corrected chi connectivity index (χ3v) is 3.43. The molecule has 0 spiro atoms. The Morgan fingerprint density at radius 2 is 1.80 bits per heavy atom. The second kappa shape index (κ2) is 7.11. The van der Waals surface area contributed by atoms with Gasteiger partial charge >= 0.3 is 0 Å². The molecule has 0 saturated heterocycles. The molecule has 1 N–H and O–H groups in total. The van der Waals surface area contributed by atoms with Gasteiger partial charge in [-0.1, -0.05) is 48.9 Å². The highest BCUT2D eigenvalue weighted by atomic mass is 16.5. The molecule has 2 rings (SSSR count). The lowest BCUT2D eigenvalue weighted by Gasteiger charge is -2.13. The molecule has 0 aliphatic rings. The molecule has 0 bridgehead atoms. The molecule has 0 amide bonds. The van der Waals surface area contributed by atoms with Crippen LogP contribution in [-0.2, 0) is 13.2 Å². The van der Waals surface area contributed by atoms with Crippen LogP contribution in [0, 0.1) is 13.8 Å². The molecule has 0 aliphatic heterocycles. The van der Waals surface area contributed by atoms with Gasteiger partial charge in [-0.3, -0.25) is 0 Å². The molecule has 0 atom stereocenters. The van der Waals surface area contributed by atoms with Crippen LogP contribution in [0.3, 0.4) is 0 Å². The number of hydrogen-bond acceptors (Lipinski definition) is 2. The largest absolute Gasteiger partial charge is 0.489 e. The molecule has 2 aromatic carbocycles. The summed E-state index contributed by atoms with van der Waals surface area (Å²) in [7, 11) is 0. The molecule has 2 nitrogen and oxygen atoms in total. The molecular formula is C18H23NO. The first-order chi connectivity index (χ1) is 9.70. The number of aryl methyl sites for hydroxylation is 2. The molecule has 0 unspecified atom stereocenters. The molecule has 0 saturated carbocycles. The van der Waals surface area contributed by atoms with Crippen molar-refractivity contribution in [2.45, 2.75) is 33.9 Å². The van der Waals surface area contributed by atoms with Gasteiger partial charge in [0, 0.05) is 12.1 Å². The van der Waals surface area contributed by atoms with Crippen molar-refractivity contribution in [3.8, 4) is 5.75 Å². The van der Waals surface area contributed by atoms with Gasteiger partial charge in [-0.15, -0.1) is 0 Å². The SMILES string of the molecule is CCNCc1ccccc1OCc1cc(C)ccc1C. The van der Waals surface area contributed by atoms with E-state index < -0.39 is 0 Å². The second-order valence-electron chi connectivity index (χ2n) is 5.11. The van der Waals surface area contributed by atoms with E-state index in [2.05, 4.69) is 56.4 Å². The molecule has 2 aromatic rings. The lowest BCUT2D eigenvalue weighted by atomic mass is 10.1. The minimum absolute atomic E-state index is 0.622. The Morgan fingerprint density at radius 3 is 2.60 bits per heavy atom. The van der Waals surface area contributed by atoms with Crippen molar-refractivity contribution in [2.75, 3.05) is 6.54 Å². The van der Waals surface area contributed by atoms with Crippen LogP contribution >= 0.6 is 0 Å². The average molecular weight is 269 g/mol. The summed E-state index contributed by atoms with van der Waals surface area (Å²) in [4.78, 5) is 0. The first-order valence-electron chi connectivity index (χ1n) is 7.18. The van der Waals surface area contributed by atoms with Crippen LogP contribution in [0.25, 0.3) is 0 Å². The molecule has 2 heteroatoms. The smallest absolute Gasteiger partial charge is 0.124 e. The fraction of sp³-hybridized carbons (Fsp3) is 0.333. The number of nitrogens with one attached hydrogen (secondary N) is 1. The van der Waals surface area contributed by atoms with Gasteiger partial charge in [0.2, 0.25) is 0 Å². The Balaban J connectivity index is 2.08. The van der Waals surface area contributed by atoms with E-state index in [1.807, 2.05) is 12.1 Å². The van der Waals surface area contributed by atoms with Crippen LogP contribution in [0.2, 0.25) is 0 Å². The summed E-state index contributed by atoms with van der Waals surface area (Å²) in [6.45, 7) is 8.78. The Bertz CT molecular complexity index is 563. The van der Waals surface area contributed by atoms with Gasteiger partial charge in [-0.2, -0.15) is 0 Å². The normalized spacial score (nSPS) is 10.6. The van der Waals surface area contributed by atoms with Gasteiger partial charge in [0.25, 0.3) is 0 Å². The van der Waals surface area contributed by atoms with Crippen LogP contribution < -0.4 is 10.1 Å². The van der Waals surface area contributed by atoms with Gasteiger partial charge in [0.05, 0.1) is 0 Å². The zero-order valence-corrected chi connectivity index (χ0v) is 12.6. The van der Waals surface area contributed by atoms with Crippen LogP contribution in [0.15, 0.2) is 42.5 Å². The van der Waals surface area contributed by atoms with Crippen molar-refractivity contribution in [3.05, 3.63) is 64.7 Å². The zero-order chi connectivity index (χ0) is 14.4. The number of ether oxygens (including phenoxy) is 1. The van der Waals surface area contributed by atoms with E-state index in [9.17, 15) is 0 Å². The molecule has 0 heterocycles. The summed E-state index contributed by atoms with van der Waals surface area (Å²) < 4.78 is 6.02. The summed E-state index contributed by atoms with van der Waals surface area (Å²) in [6.07, 6.45) is 0. The second-order valence-corrected chi connectivity index (χ2v) is 5.11. The maximum atomic E-state index is 6.02. The van der Waals surface area contributed by atoms with Gasteiger partial charge < -0.3 is 10.1 Å². The van der Waals surface area contributed by atoms with Crippen molar-refractivity contribution in [3.63, 3.8) is 0 Å². The summed E-state index contributed by atoms with van der Waals surface area (Å²) in [5, 5.41) is 3.34. The minimum Gasteiger partial charge on any atom is -0.489 e. The first-order valence-corrected chi connectivity index (χ1v) is 7.18. The van der Waals surface area contributed by atoms with Crippen LogP contribution in [0.5, 0.6) is 5.75 Å². The Kier molecular flexibility index (Phi) is 5.19. The maximum Gasteiger partial charge on any atom is 0.124 e. The highest BCUT2D eigenvalue weighted by molar-refractivity contribution is 5.35. The molecule has 106 valence electrons. The lowest BCUT2D eigenvalue weighted by Crippen LogP contribution is -2.12. The molecular weight excluding hydrogens is 246 g/mol. The summed E-state index contributed by atoms with van der Waals surface area (Å²) in [5.41, 5.74) is 5.01. The zero-order valence-electron chi connectivity index (χ0n) is 12.6. The minimum atomic E-state index is 0.622. The summed E-state index contributed by atoms with van der Waals surface area (Å²) in [6, 6.07) is 14.7.